The van der Waals surface area contributed by atoms with Crippen LogP contribution in [0.1, 0.15) is 15.2 Å². The summed E-state index contributed by atoms with van der Waals surface area (Å²) in [5.74, 6) is -2.32. The van der Waals surface area contributed by atoms with Crippen molar-refractivity contribution in [3.63, 3.8) is 0 Å². The SMILES string of the molecule is N#Cc1ccc(S(=O)(=O)Nc2ccc(C(=O)O)cc2F)s1. The number of sulfonamides is 1. The summed E-state index contributed by atoms with van der Waals surface area (Å²) in [6.45, 7) is 0. The molecule has 1 heterocycles. The molecule has 21 heavy (non-hydrogen) atoms. The molecule has 0 aliphatic carbocycles. The fourth-order valence-electron chi connectivity index (χ4n) is 1.45. The fraction of sp³-hybridized carbons (Fsp3) is 0. The number of carbonyl (C=O) groups is 1. The topological polar surface area (TPSA) is 107 Å². The van der Waals surface area contributed by atoms with Crippen molar-refractivity contribution in [3.8, 4) is 6.07 Å². The minimum Gasteiger partial charge on any atom is -0.478 e. The van der Waals surface area contributed by atoms with E-state index in [1.165, 1.54) is 12.1 Å². The van der Waals surface area contributed by atoms with Crippen molar-refractivity contribution in [2.75, 3.05) is 4.72 Å². The summed E-state index contributed by atoms with van der Waals surface area (Å²) in [4.78, 5) is 10.9. The first-order chi connectivity index (χ1) is 9.83. The smallest absolute Gasteiger partial charge is 0.335 e. The molecule has 1 aromatic heterocycles. The van der Waals surface area contributed by atoms with E-state index in [4.69, 9.17) is 10.4 Å². The summed E-state index contributed by atoms with van der Waals surface area (Å²) in [6, 6.07) is 7.19. The number of hydrogen-bond acceptors (Lipinski definition) is 5. The van der Waals surface area contributed by atoms with Crippen LogP contribution in [0.5, 0.6) is 0 Å². The highest BCUT2D eigenvalue weighted by molar-refractivity contribution is 7.94. The van der Waals surface area contributed by atoms with E-state index in [-0.39, 0.29) is 20.3 Å². The van der Waals surface area contributed by atoms with Gasteiger partial charge in [0.25, 0.3) is 10.0 Å². The molecule has 2 rings (SSSR count). The second-order valence-corrected chi connectivity index (χ2v) is 6.83. The van der Waals surface area contributed by atoms with Gasteiger partial charge in [0.15, 0.2) is 0 Å². The van der Waals surface area contributed by atoms with Crippen molar-refractivity contribution in [3.05, 3.63) is 46.6 Å². The highest BCUT2D eigenvalue weighted by Crippen LogP contribution is 2.25. The maximum atomic E-state index is 13.7. The molecule has 2 N–H and O–H groups in total. The summed E-state index contributed by atoms with van der Waals surface area (Å²) in [5.41, 5.74) is -0.662. The fourth-order valence-corrected chi connectivity index (χ4v) is 3.62. The highest BCUT2D eigenvalue weighted by Gasteiger charge is 2.19. The van der Waals surface area contributed by atoms with Crippen LogP contribution in [0.25, 0.3) is 0 Å². The maximum Gasteiger partial charge on any atom is 0.335 e. The van der Waals surface area contributed by atoms with Gasteiger partial charge in [-0.05, 0) is 30.3 Å². The number of rotatable bonds is 4. The van der Waals surface area contributed by atoms with Gasteiger partial charge < -0.3 is 5.11 Å². The molecule has 0 aliphatic heterocycles. The second kappa shape index (κ2) is 5.51. The molecule has 2 aromatic rings. The number of thiophene rings is 1. The quantitative estimate of drug-likeness (QED) is 0.896. The number of nitrogens with zero attached hydrogens (tertiary/aromatic N) is 1. The van der Waals surface area contributed by atoms with Crippen LogP contribution in [0.3, 0.4) is 0 Å². The molecular formula is C12H7FN2O4S2. The Hall–Kier alpha value is -2.44. The predicted molar refractivity (Wildman–Crippen MR) is 73.2 cm³/mol. The number of halogens is 1. The zero-order valence-electron chi connectivity index (χ0n) is 10.2. The summed E-state index contributed by atoms with van der Waals surface area (Å²) < 4.78 is 39.6. The van der Waals surface area contributed by atoms with Gasteiger partial charge in [0, 0.05) is 0 Å². The monoisotopic (exact) mass is 326 g/mol. The van der Waals surface area contributed by atoms with E-state index in [0.717, 1.165) is 29.5 Å². The van der Waals surface area contributed by atoms with E-state index in [2.05, 4.69) is 0 Å². The molecule has 1 aromatic carbocycles. The second-order valence-electron chi connectivity index (χ2n) is 3.84. The normalized spacial score (nSPS) is 10.9. The summed E-state index contributed by atoms with van der Waals surface area (Å²) in [6.07, 6.45) is 0. The number of carboxylic acid groups (broad SMARTS) is 1. The molecule has 108 valence electrons. The first-order valence-corrected chi connectivity index (χ1v) is 7.69. The summed E-state index contributed by atoms with van der Waals surface area (Å²) in [5, 5.41) is 17.4. The predicted octanol–water partition coefficient (Wildman–Crippen LogP) is 2.26. The van der Waals surface area contributed by atoms with Crippen molar-refractivity contribution in [1.29, 1.82) is 5.26 Å². The lowest BCUT2D eigenvalue weighted by Crippen LogP contribution is -2.13. The molecule has 0 unspecified atom stereocenters. The van der Waals surface area contributed by atoms with Gasteiger partial charge in [0.1, 0.15) is 21.0 Å². The minimum atomic E-state index is -4.03. The van der Waals surface area contributed by atoms with Crippen LogP contribution < -0.4 is 4.72 Å². The molecule has 0 fully saturated rings. The number of aromatic carboxylic acids is 1. The molecule has 6 nitrogen and oxygen atoms in total. The molecule has 0 saturated heterocycles. The van der Waals surface area contributed by atoms with Gasteiger partial charge in [0.05, 0.1) is 11.3 Å². The maximum absolute atomic E-state index is 13.7. The first-order valence-electron chi connectivity index (χ1n) is 5.39. The zero-order chi connectivity index (χ0) is 15.6. The van der Waals surface area contributed by atoms with Crippen LogP contribution in [0, 0.1) is 17.1 Å². The molecular weight excluding hydrogens is 319 g/mol. The van der Waals surface area contributed by atoms with E-state index in [1.807, 2.05) is 4.72 Å². The average molecular weight is 326 g/mol. The summed E-state index contributed by atoms with van der Waals surface area (Å²) >= 11 is 0.745. The molecule has 0 amide bonds. The Morgan fingerprint density at radius 1 is 1.33 bits per heavy atom. The third-order valence-corrected chi connectivity index (χ3v) is 5.26. The first kappa shape index (κ1) is 15.0. The molecule has 9 heteroatoms. The van der Waals surface area contributed by atoms with Gasteiger partial charge in [-0.15, -0.1) is 11.3 Å². The van der Waals surface area contributed by atoms with Gasteiger partial charge in [-0.2, -0.15) is 5.26 Å². The third-order valence-electron chi connectivity index (χ3n) is 2.42. The Balaban J connectivity index is 2.33. The molecule has 0 spiro atoms. The van der Waals surface area contributed by atoms with Crippen LogP contribution in [0.15, 0.2) is 34.5 Å². The van der Waals surface area contributed by atoms with Gasteiger partial charge in [0.2, 0.25) is 0 Å². The number of anilines is 1. The molecule has 0 atom stereocenters. The summed E-state index contributed by atoms with van der Waals surface area (Å²) in [7, 11) is -4.03. The van der Waals surface area contributed by atoms with E-state index in [9.17, 15) is 17.6 Å². The van der Waals surface area contributed by atoms with Crippen molar-refractivity contribution in [1.82, 2.24) is 0 Å². The van der Waals surface area contributed by atoms with E-state index >= 15 is 0 Å². The van der Waals surface area contributed by atoms with Crippen molar-refractivity contribution < 1.29 is 22.7 Å². The number of hydrogen-bond donors (Lipinski definition) is 2. The zero-order valence-corrected chi connectivity index (χ0v) is 11.8. The highest BCUT2D eigenvalue weighted by atomic mass is 32.2. The third kappa shape index (κ3) is 3.18. The lowest BCUT2D eigenvalue weighted by Gasteiger charge is -2.07. The lowest BCUT2D eigenvalue weighted by atomic mass is 10.2. The van der Waals surface area contributed by atoms with Crippen LogP contribution in [0.2, 0.25) is 0 Å². The Labute approximate surface area is 123 Å². The van der Waals surface area contributed by atoms with Gasteiger partial charge in [-0.25, -0.2) is 17.6 Å². The van der Waals surface area contributed by atoms with Crippen molar-refractivity contribution in [2.45, 2.75) is 4.21 Å². The number of nitriles is 1. The lowest BCUT2D eigenvalue weighted by molar-refractivity contribution is 0.0696. The van der Waals surface area contributed by atoms with Crippen molar-refractivity contribution >= 4 is 33.0 Å². The molecule has 0 radical (unpaired) electrons. The molecule has 0 bridgehead atoms. The van der Waals surface area contributed by atoms with Crippen molar-refractivity contribution in [2.24, 2.45) is 0 Å². The van der Waals surface area contributed by atoms with Gasteiger partial charge in [-0.1, -0.05) is 0 Å². The van der Waals surface area contributed by atoms with Crippen LogP contribution in [0.4, 0.5) is 10.1 Å². The largest absolute Gasteiger partial charge is 0.478 e. The van der Waals surface area contributed by atoms with Gasteiger partial charge in [-0.3, -0.25) is 4.72 Å². The number of benzene rings is 1. The Bertz CT molecular complexity index is 852. The Morgan fingerprint density at radius 3 is 2.57 bits per heavy atom. The van der Waals surface area contributed by atoms with E-state index in [1.54, 1.807) is 6.07 Å². The Morgan fingerprint density at radius 2 is 2.05 bits per heavy atom. The van der Waals surface area contributed by atoms with Gasteiger partial charge >= 0.3 is 5.97 Å². The average Bonchev–Trinajstić information content (AvgIpc) is 2.90. The standard InChI is InChI=1S/C12H7FN2O4S2/c13-9-5-7(12(16)17)1-3-10(9)15-21(18,19)11-4-2-8(6-14)20-11/h1-5,15H,(H,16,17). The van der Waals surface area contributed by atoms with Crippen LogP contribution in [-0.2, 0) is 10.0 Å². The number of nitrogens with one attached hydrogen (secondary N) is 1. The van der Waals surface area contributed by atoms with E-state index < -0.39 is 21.8 Å². The molecule has 0 aliphatic rings. The Kier molecular flexibility index (Phi) is 3.93. The van der Waals surface area contributed by atoms with Crippen LogP contribution in [-0.4, -0.2) is 19.5 Å². The molecule has 0 saturated carbocycles. The van der Waals surface area contributed by atoms with E-state index in [0.29, 0.717) is 0 Å². The van der Waals surface area contributed by atoms with Crippen LogP contribution >= 0.6 is 11.3 Å². The number of carboxylic acids is 1. The minimum absolute atomic E-state index is 0.138.